The van der Waals surface area contributed by atoms with Crippen LogP contribution >= 0.6 is 0 Å². The van der Waals surface area contributed by atoms with Gasteiger partial charge in [0, 0.05) is 72.6 Å². The molecule has 1 amide bonds. The molecule has 15 nitrogen and oxygen atoms in total. The predicted molar refractivity (Wildman–Crippen MR) is 214 cm³/mol. The first kappa shape index (κ1) is 41.9. The second kappa shape index (κ2) is 15.9. The molecule has 5 N–H and O–H groups in total. The number of H-pyrrole nitrogens is 1. The Morgan fingerprint density at radius 3 is 2.40 bits per heavy atom. The fraction of sp³-hybridized carbons (Fsp3) is 0.419. The summed E-state index contributed by atoms with van der Waals surface area (Å²) in [5, 5.41) is 44.5. The van der Waals surface area contributed by atoms with Crippen molar-refractivity contribution < 1.29 is 53.8 Å². The largest absolute Gasteiger partial charge is 0.515 e. The van der Waals surface area contributed by atoms with Gasteiger partial charge in [0.2, 0.25) is 0 Å². The molecule has 9 atom stereocenters. The maximum Gasteiger partial charge on any atom is 0.312 e. The van der Waals surface area contributed by atoms with E-state index in [9.17, 15) is 39.6 Å². The Bertz CT molecular complexity index is 2620. The smallest absolute Gasteiger partial charge is 0.312 e. The molecule has 58 heavy (non-hydrogen) atoms. The number of aromatic amines is 1. The minimum atomic E-state index is -2.02. The molecule has 0 radical (unpaired) electrons. The SMILES string of the molecule is CO[C@H]1/C=C/O[C@@]2(C)Oc3c(C)c(=O)c4c(O)c(c5c([nH]c6cc(=CO)ccn65)c4c3C2=O)=NC(=O)/C(C)=C\C=C\[C@H](C)[C@H](O)[C@@H](C)[C@@H](O)[C@@H](C)[C@H](OC(C)=O)[C@@H]1C. The summed E-state index contributed by atoms with van der Waals surface area (Å²) < 4.78 is 25.3. The normalized spacial score (nSPS) is 30.9. The Balaban J connectivity index is 1.63. The van der Waals surface area contributed by atoms with Gasteiger partial charge in [-0.25, -0.2) is 4.99 Å². The number of aliphatic hydroxyl groups excluding tert-OH is 3. The summed E-state index contributed by atoms with van der Waals surface area (Å²) in [6, 6.07) is 3.16. The van der Waals surface area contributed by atoms with Gasteiger partial charge in [0.25, 0.3) is 11.7 Å². The van der Waals surface area contributed by atoms with Gasteiger partial charge in [0.15, 0.2) is 11.2 Å². The number of carbonyl (C=O) groups excluding carboxylic acids is 3. The lowest BCUT2D eigenvalue weighted by Gasteiger charge is -2.38. The highest BCUT2D eigenvalue weighted by Crippen LogP contribution is 2.44. The van der Waals surface area contributed by atoms with Crippen molar-refractivity contribution in [2.75, 3.05) is 7.11 Å². The zero-order valence-electron chi connectivity index (χ0n) is 33.8. The second-order valence-electron chi connectivity index (χ2n) is 15.5. The highest BCUT2D eigenvalue weighted by Gasteiger charge is 2.49. The molecule has 4 bridgehead atoms. The number of allylic oxidation sites excluding steroid dienone is 2. The summed E-state index contributed by atoms with van der Waals surface area (Å²) in [7, 11) is 1.44. The summed E-state index contributed by atoms with van der Waals surface area (Å²) >= 11 is 0. The van der Waals surface area contributed by atoms with Crippen molar-refractivity contribution >= 4 is 51.4 Å². The van der Waals surface area contributed by atoms with Crippen LogP contribution in [0.5, 0.6) is 11.5 Å². The number of phenols is 1. The van der Waals surface area contributed by atoms with Crippen molar-refractivity contribution in [1.29, 1.82) is 0 Å². The van der Waals surface area contributed by atoms with E-state index in [1.165, 1.54) is 53.2 Å². The van der Waals surface area contributed by atoms with Gasteiger partial charge in [-0.2, -0.15) is 0 Å². The molecular weight excluding hydrogens is 750 g/mol. The number of rotatable bonds is 2. The van der Waals surface area contributed by atoms with Gasteiger partial charge < -0.3 is 44.4 Å². The van der Waals surface area contributed by atoms with Crippen LogP contribution in [0.25, 0.3) is 33.7 Å². The first-order chi connectivity index (χ1) is 27.4. The molecule has 4 heterocycles. The van der Waals surface area contributed by atoms with Crippen molar-refractivity contribution in [3.63, 3.8) is 0 Å². The number of ether oxygens (including phenoxy) is 4. The lowest BCUT2D eigenvalue weighted by atomic mass is 9.78. The summed E-state index contributed by atoms with van der Waals surface area (Å²) in [5.41, 5.74) is 0.0991. The van der Waals surface area contributed by atoms with Crippen LogP contribution in [0.4, 0.5) is 0 Å². The third-order valence-corrected chi connectivity index (χ3v) is 11.5. The molecule has 2 aromatic heterocycles. The Morgan fingerprint density at radius 1 is 1.03 bits per heavy atom. The van der Waals surface area contributed by atoms with E-state index >= 15 is 0 Å². The standard InChI is InChI=1S/C43H49N3O12/c1-19-11-10-12-20(2)42(54)45-33-34-32(44-28-17-26(18-47)13-15-46(28)34)29-30(38(33)52)37(51)24(6)40-31(29)41(53)43(8,58-40)56-16-14-27(55-9)21(3)39(57-25(7)48)23(5)36(50)22(4)35(19)49/h10-19,21-23,27,35-36,39,44,47,49-50,52H,1-9H3/b11-10+,16-14+,20-12-,26-18?,45-33?/t19-,21+,22+,23+,27-,35-,36+,39+,43-/m0/s1. The number of nitrogens with one attached hydrogen (secondary N) is 1. The molecule has 2 aliphatic rings. The summed E-state index contributed by atoms with van der Waals surface area (Å²) in [4.78, 5) is 62.3. The number of methoxy groups -OCH3 is 1. The molecular formula is C43H49N3O12. The zero-order valence-corrected chi connectivity index (χ0v) is 33.8. The summed E-state index contributed by atoms with van der Waals surface area (Å²) in [6.07, 6.45) is 6.03. The highest BCUT2D eigenvalue weighted by atomic mass is 16.7. The molecule has 2 aliphatic heterocycles. The molecule has 0 unspecified atom stereocenters. The van der Waals surface area contributed by atoms with Crippen LogP contribution in [0, 0.1) is 30.6 Å². The number of Topliss-reactive ketones (excluding diaryl/α,β-unsaturated/α-hetero) is 1. The number of aliphatic hydroxyl groups is 3. The molecule has 0 saturated heterocycles. The first-order valence-corrected chi connectivity index (χ1v) is 19.0. The second-order valence-corrected chi connectivity index (χ2v) is 15.5. The van der Waals surface area contributed by atoms with Crippen LogP contribution < -0.4 is 20.7 Å². The number of aromatic nitrogens is 2. The summed E-state index contributed by atoms with van der Waals surface area (Å²) in [6.45, 7) is 12.5. The third kappa shape index (κ3) is 7.07. The molecule has 308 valence electrons. The van der Waals surface area contributed by atoms with Crippen LogP contribution in [0.2, 0.25) is 0 Å². The summed E-state index contributed by atoms with van der Waals surface area (Å²) in [5.74, 6) is -7.24. The lowest BCUT2D eigenvalue weighted by Crippen LogP contribution is -2.46. The number of pyridine rings is 1. The van der Waals surface area contributed by atoms with E-state index in [1.807, 2.05) is 0 Å². The number of amides is 1. The molecule has 0 aliphatic carbocycles. The van der Waals surface area contributed by atoms with Gasteiger partial charge in [0.05, 0.1) is 47.3 Å². The van der Waals surface area contributed by atoms with Crippen LogP contribution in [0.3, 0.4) is 0 Å². The van der Waals surface area contributed by atoms with Crippen LogP contribution in [0.15, 0.2) is 64.3 Å². The number of hydrogen-bond donors (Lipinski definition) is 5. The molecule has 4 aromatic rings. The van der Waals surface area contributed by atoms with E-state index in [-0.39, 0.29) is 49.6 Å². The van der Waals surface area contributed by atoms with E-state index < -0.39 is 82.7 Å². The van der Waals surface area contributed by atoms with Crippen LogP contribution in [-0.4, -0.2) is 84.8 Å². The van der Waals surface area contributed by atoms with E-state index in [0.29, 0.717) is 10.9 Å². The number of hydrogen-bond acceptors (Lipinski definition) is 12. The average Bonchev–Trinajstić information content (AvgIpc) is 3.70. The monoisotopic (exact) mass is 799 g/mol. The van der Waals surface area contributed by atoms with Crippen molar-refractivity contribution in [2.45, 2.75) is 85.6 Å². The number of ketones is 1. The van der Waals surface area contributed by atoms with E-state index in [0.717, 1.165) is 6.26 Å². The van der Waals surface area contributed by atoms with E-state index in [1.54, 1.807) is 62.6 Å². The molecule has 15 heteroatoms. The number of phenolic OH excluding ortho intramolecular Hbond substituents is 1. The molecule has 0 saturated carbocycles. The van der Waals surface area contributed by atoms with Gasteiger partial charge in [-0.05, 0) is 32.1 Å². The topological polar surface area (TPSA) is 219 Å². The van der Waals surface area contributed by atoms with Gasteiger partial charge in [-0.3, -0.25) is 23.6 Å². The number of nitrogens with zero attached hydrogens (tertiary/aromatic N) is 2. The number of esters is 1. The quantitative estimate of drug-likeness (QED) is 0.182. The Kier molecular flexibility index (Phi) is 11.5. The van der Waals surface area contributed by atoms with Crippen molar-refractivity contribution in [2.24, 2.45) is 28.7 Å². The van der Waals surface area contributed by atoms with Crippen LogP contribution in [0.1, 0.15) is 64.4 Å². The van der Waals surface area contributed by atoms with Crippen molar-refractivity contribution in [3.05, 3.63) is 86.4 Å². The molecule has 6 rings (SSSR count). The maximum absolute atomic E-state index is 14.6. The fourth-order valence-corrected chi connectivity index (χ4v) is 8.03. The van der Waals surface area contributed by atoms with Gasteiger partial charge >= 0.3 is 11.8 Å². The number of carbonyl (C=O) groups is 3. The third-order valence-electron chi connectivity index (χ3n) is 11.5. The minimum Gasteiger partial charge on any atom is -0.515 e. The predicted octanol–water partition coefficient (Wildman–Crippen LogP) is 3.94. The number of aromatic hydroxyl groups is 1. The number of fused-ring (bicyclic) bond motifs is 2. The fourth-order valence-electron chi connectivity index (χ4n) is 8.03. The number of benzene rings is 2. The van der Waals surface area contributed by atoms with E-state index in [2.05, 4.69) is 9.98 Å². The highest BCUT2D eigenvalue weighted by molar-refractivity contribution is 6.23. The Morgan fingerprint density at radius 2 is 1.74 bits per heavy atom. The maximum atomic E-state index is 14.6. The average molecular weight is 800 g/mol. The van der Waals surface area contributed by atoms with Crippen molar-refractivity contribution in [1.82, 2.24) is 9.38 Å². The van der Waals surface area contributed by atoms with Gasteiger partial charge in [0.1, 0.15) is 28.4 Å². The molecule has 0 fully saturated rings. The lowest BCUT2D eigenvalue weighted by molar-refractivity contribution is -0.160. The Hall–Kier alpha value is -5.77. The first-order valence-electron chi connectivity index (χ1n) is 19.0. The van der Waals surface area contributed by atoms with Crippen LogP contribution in [-0.2, 0) is 23.8 Å². The van der Waals surface area contributed by atoms with Gasteiger partial charge in [-0.1, -0.05) is 45.9 Å². The molecule has 2 aromatic carbocycles. The Labute approximate surface area is 333 Å². The number of imidazole rings is 1. The zero-order chi connectivity index (χ0) is 42.5. The molecule has 0 spiro atoms. The minimum absolute atomic E-state index is 0.00237. The van der Waals surface area contributed by atoms with Crippen molar-refractivity contribution in [3.8, 4) is 11.5 Å². The van der Waals surface area contributed by atoms with Gasteiger partial charge in [-0.15, -0.1) is 0 Å². The van der Waals surface area contributed by atoms with E-state index in [4.69, 9.17) is 18.9 Å².